The van der Waals surface area contributed by atoms with Gasteiger partial charge in [0.15, 0.2) is 0 Å². The largest absolute Gasteiger partial charge is 0.315 e. The van der Waals surface area contributed by atoms with Crippen molar-refractivity contribution >= 4 is 56.5 Å². The molecular formula is C37H40N8O8. The minimum absolute atomic E-state index is 0.179. The molecule has 0 fully saturated rings. The van der Waals surface area contributed by atoms with Gasteiger partial charge in [-0.25, -0.2) is 0 Å². The van der Waals surface area contributed by atoms with Crippen LogP contribution in [0, 0.1) is 20.2 Å². The number of hydrogen-bond donors (Lipinski definition) is 4. The van der Waals surface area contributed by atoms with E-state index in [4.69, 9.17) is 0 Å². The average molecular weight is 725 g/mol. The zero-order valence-electron chi connectivity index (χ0n) is 29.0. The van der Waals surface area contributed by atoms with Crippen LogP contribution in [0.1, 0.15) is 60.7 Å². The van der Waals surface area contributed by atoms with Crippen LogP contribution in [-0.2, 0) is 0 Å². The molecule has 0 atom stereocenters. The highest BCUT2D eigenvalue weighted by Gasteiger charge is 2.35. The van der Waals surface area contributed by atoms with Crippen molar-refractivity contribution in [2.45, 2.75) is 19.3 Å². The van der Waals surface area contributed by atoms with Gasteiger partial charge in [-0.3, -0.25) is 49.2 Å². The Morgan fingerprint density at radius 2 is 0.830 bits per heavy atom. The Morgan fingerprint density at radius 3 is 1.21 bits per heavy atom. The topological polar surface area (TPSA) is 209 Å². The molecule has 4 amide bonds. The van der Waals surface area contributed by atoms with E-state index in [2.05, 4.69) is 21.3 Å². The molecule has 4 N–H and O–H groups in total. The number of nitrogens with zero attached hydrogens (tertiary/aromatic N) is 4. The van der Waals surface area contributed by atoms with Crippen molar-refractivity contribution in [3.05, 3.63) is 103 Å². The molecule has 0 saturated carbocycles. The Kier molecular flexibility index (Phi) is 11.7. The van der Waals surface area contributed by atoms with E-state index in [1.54, 1.807) is 36.4 Å². The standard InChI is InChI=1S/C37H40N8O8/c46-34-28-8-1-6-24-20-26(44(50)51)22-30(32(24)28)36(48)42(34)18-4-12-40-16-14-38-10-3-11-39-15-17-41-13-5-19-43-35(47)29-9-2-7-25-21-27(45(52)53)23-31(33(25)29)37(43)49/h1-2,6-9,20-23,38-41H,3-5,10-19H2. The fraction of sp³-hybridized carbons (Fsp3) is 0.351. The number of amides is 4. The number of nitrogens with one attached hydrogen (secondary N) is 4. The number of non-ortho nitro benzene ring substituents is 2. The van der Waals surface area contributed by atoms with E-state index >= 15 is 0 Å². The Hall–Kier alpha value is -5.68. The van der Waals surface area contributed by atoms with Crippen LogP contribution >= 0.6 is 0 Å². The number of rotatable bonds is 20. The van der Waals surface area contributed by atoms with E-state index in [0.29, 0.717) is 71.7 Å². The van der Waals surface area contributed by atoms with Gasteiger partial charge in [-0.15, -0.1) is 0 Å². The summed E-state index contributed by atoms with van der Waals surface area (Å²) in [5, 5.41) is 38.0. The third kappa shape index (κ3) is 8.05. The molecular weight excluding hydrogens is 684 g/mol. The van der Waals surface area contributed by atoms with Gasteiger partial charge in [0.05, 0.1) is 21.0 Å². The summed E-state index contributed by atoms with van der Waals surface area (Å²) >= 11 is 0. The summed E-state index contributed by atoms with van der Waals surface area (Å²) in [5.41, 5.74) is 0.740. The van der Waals surface area contributed by atoms with E-state index in [9.17, 15) is 39.4 Å². The molecule has 0 saturated heterocycles. The predicted octanol–water partition coefficient (Wildman–Crippen LogP) is 3.23. The van der Waals surface area contributed by atoms with Crippen molar-refractivity contribution in [1.82, 2.24) is 31.1 Å². The molecule has 2 aliphatic heterocycles. The second kappa shape index (κ2) is 16.8. The smallest absolute Gasteiger partial charge is 0.270 e. The highest BCUT2D eigenvalue weighted by Crippen LogP contribution is 2.35. The first kappa shape index (κ1) is 37.1. The van der Waals surface area contributed by atoms with Crippen molar-refractivity contribution in [3.63, 3.8) is 0 Å². The van der Waals surface area contributed by atoms with E-state index in [-0.39, 0.29) is 47.4 Å². The van der Waals surface area contributed by atoms with Gasteiger partial charge in [0, 0.05) is 85.4 Å². The number of hydrogen-bond acceptors (Lipinski definition) is 12. The molecule has 0 bridgehead atoms. The first-order valence-electron chi connectivity index (χ1n) is 17.6. The second-order valence-electron chi connectivity index (χ2n) is 12.9. The molecule has 0 unspecified atom stereocenters. The fourth-order valence-corrected chi connectivity index (χ4v) is 6.82. The summed E-state index contributed by atoms with van der Waals surface area (Å²) < 4.78 is 0. The van der Waals surface area contributed by atoms with E-state index < -0.39 is 21.7 Å². The molecule has 2 heterocycles. The zero-order chi connectivity index (χ0) is 37.5. The van der Waals surface area contributed by atoms with Gasteiger partial charge >= 0.3 is 0 Å². The van der Waals surface area contributed by atoms with Gasteiger partial charge in [-0.1, -0.05) is 24.3 Å². The number of benzene rings is 4. The van der Waals surface area contributed by atoms with Crippen molar-refractivity contribution in [2.75, 3.05) is 65.4 Å². The van der Waals surface area contributed by atoms with Crippen LogP contribution in [0.3, 0.4) is 0 Å². The maximum atomic E-state index is 13.1. The fourth-order valence-electron chi connectivity index (χ4n) is 6.82. The summed E-state index contributed by atoms with van der Waals surface area (Å²) in [6, 6.07) is 15.2. The minimum atomic E-state index is -0.538. The third-order valence-electron chi connectivity index (χ3n) is 9.38. The van der Waals surface area contributed by atoms with Gasteiger partial charge in [-0.05, 0) is 68.3 Å². The highest BCUT2D eigenvalue weighted by molar-refractivity contribution is 6.26. The van der Waals surface area contributed by atoms with E-state index in [1.165, 1.54) is 34.1 Å². The third-order valence-corrected chi connectivity index (χ3v) is 9.38. The normalized spacial score (nSPS) is 13.8. The molecule has 4 aromatic rings. The highest BCUT2D eigenvalue weighted by atomic mass is 16.6. The van der Waals surface area contributed by atoms with Crippen LogP contribution in [0.2, 0.25) is 0 Å². The quantitative estimate of drug-likeness (QED) is 0.0448. The molecule has 16 heteroatoms. The van der Waals surface area contributed by atoms with Crippen LogP contribution < -0.4 is 21.3 Å². The molecule has 0 aromatic heterocycles. The Balaban J connectivity index is 0.791. The van der Waals surface area contributed by atoms with Crippen LogP contribution in [0.5, 0.6) is 0 Å². The van der Waals surface area contributed by atoms with Gasteiger partial charge in [0.2, 0.25) is 0 Å². The molecule has 4 aromatic carbocycles. The maximum Gasteiger partial charge on any atom is 0.270 e. The monoisotopic (exact) mass is 724 g/mol. The molecule has 6 rings (SSSR count). The lowest BCUT2D eigenvalue weighted by Crippen LogP contribution is -2.42. The van der Waals surface area contributed by atoms with Crippen LogP contribution in [-0.4, -0.2) is 109 Å². The molecule has 16 nitrogen and oxygen atoms in total. The van der Waals surface area contributed by atoms with E-state index in [1.807, 2.05) is 0 Å². The van der Waals surface area contributed by atoms with Gasteiger partial charge in [0.25, 0.3) is 35.0 Å². The zero-order valence-corrected chi connectivity index (χ0v) is 29.0. The van der Waals surface area contributed by atoms with Crippen molar-refractivity contribution in [2.24, 2.45) is 0 Å². The van der Waals surface area contributed by atoms with Crippen LogP contribution in [0.4, 0.5) is 11.4 Å². The molecule has 2 aliphatic rings. The second-order valence-corrected chi connectivity index (χ2v) is 12.9. The Morgan fingerprint density at radius 1 is 0.472 bits per heavy atom. The van der Waals surface area contributed by atoms with Crippen LogP contribution in [0.15, 0.2) is 60.7 Å². The average Bonchev–Trinajstić information content (AvgIpc) is 3.15. The van der Waals surface area contributed by atoms with Crippen molar-refractivity contribution < 1.29 is 29.0 Å². The first-order valence-corrected chi connectivity index (χ1v) is 17.6. The van der Waals surface area contributed by atoms with Gasteiger partial charge in [-0.2, -0.15) is 0 Å². The molecule has 53 heavy (non-hydrogen) atoms. The summed E-state index contributed by atoms with van der Waals surface area (Å²) in [4.78, 5) is 76.5. The molecule has 0 radical (unpaired) electrons. The molecule has 276 valence electrons. The lowest BCUT2D eigenvalue weighted by Gasteiger charge is -2.27. The number of carbonyl (C=O) groups is 4. The lowest BCUT2D eigenvalue weighted by atomic mass is 9.93. The lowest BCUT2D eigenvalue weighted by molar-refractivity contribution is -0.384. The summed E-state index contributed by atoms with van der Waals surface area (Å²) in [5.74, 6) is -1.81. The number of nitro groups is 2. The minimum Gasteiger partial charge on any atom is -0.315 e. The number of carbonyl (C=O) groups excluding carboxylic acids is 4. The predicted molar refractivity (Wildman–Crippen MR) is 197 cm³/mol. The van der Waals surface area contributed by atoms with Crippen molar-refractivity contribution in [1.29, 1.82) is 0 Å². The Labute approximate surface area is 304 Å². The first-order chi connectivity index (χ1) is 25.7. The SMILES string of the molecule is O=C1c2cccc3cc([N+](=O)[O-])cc(c23)C(=O)N1CCCNCCNCCCNCCNCCCN1C(=O)c2cccc3cc([N+](=O)[O-])cc(c23)C1=O. The molecule has 0 aliphatic carbocycles. The summed E-state index contributed by atoms with van der Waals surface area (Å²) in [7, 11) is 0. The maximum absolute atomic E-state index is 13.1. The Bertz CT molecular complexity index is 1960. The number of nitro benzene ring substituents is 2. The van der Waals surface area contributed by atoms with Crippen molar-refractivity contribution in [3.8, 4) is 0 Å². The van der Waals surface area contributed by atoms with Gasteiger partial charge in [0.1, 0.15) is 0 Å². The van der Waals surface area contributed by atoms with E-state index in [0.717, 1.165) is 32.6 Å². The van der Waals surface area contributed by atoms with Gasteiger partial charge < -0.3 is 21.3 Å². The summed E-state index contributed by atoms with van der Waals surface area (Å²) in [6.07, 6.45) is 2.02. The molecule has 0 spiro atoms. The van der Waals surface area contributed by atoms with Crippen LogP contribution in [0.25, 0.3) is 21.5 Å². The number of imide groups is 2. The summed E-state index contributed by atoms with van der Waals surface area (Å²) in [6.45, 7) is 6.18.